The second-order valence-electron chi connectivity index (χ2n) is 5.05. The molecule has 2 aromatic rings. The Kier molecular flexibility index (Phi) is 3.30. The van der Waals surface area contributed by atoms with Gasteiger partial charge >= 0.3 is 0 Å². The summed E-state index contributed by atoms with van der Waals surface area (Å²) in [6.45, 7) is 2.64. The molecule has 5 nitrogen and oxygen atoms in total. The Labute approximate surface area is 122 Å². The average Bonchev–Trinajstić information content (AvgIpc) is 3.12. The maximum absolute atomic E-state index is 12.5. The lowest BCUT2D eigenvalue weighted by Crippen LogP contribution is -2.30. The van der Waals surface area contributed by atoms with Crippen molar-refractivity contribution in [3.05, 3.63) is 40.6 Å². The van der Waals surface area contributed by atoms with Crippen molar-refractivity contribution < 1.29 is 9.21 Å². The van der Waals surface area contributed by atoms with E-state index in [-0.39, 0.29) is 11.9 Å². The molecule has 1 saturated heterocycles. The van der Waals surface area contributed by atoms with Gasteiger partial charge in [-0.25, -0.2) is 0 Å². The summed E-state index contributed by atoms with van der Waals surface area (Å²) in [5.74, 6) is 0.284. The van der Waals surface area contributed by atoms with E-state index >= 15 is 0 Å². The number of aryl methyl sites for hydroxylation is 2. The lowest BCUT2D eigenvalue weighted by molar-refractivity contribution is 0.0703. The minimum atomic E-state index is -0.0863. The predicted octanol–water partition coefficient (Wildman–Crippen LogP) is 2.95. The van der Waals surface area contributed by atoms with Crippen LogP contribution in [0.1, 0.15) is 40.7 Å². The smallest absolute Gasteiger partial charge is 0.290 e. The number of carbonyl (C=O) groups excluding carboxylic acids is 1. The van der Waals surface area contributed by atoms with Crippen molar-refractivity contribution in [3.63, 3.8) is 0 Å². The largest absolute Gasteiger partial charge is 0.459 e. The van der Waals surface area contributed by atoms with Crippen LogP contribution in [0.25, 0.3) is 0 Å². The van der Waals surface area contributed by atoms with Gasteiger partial charge < -0.3 is 9.32 Å². The number of hydrogen-bond donors (Lipinski definition) is 0. The van der Waals surface area contributed by atoms with Gasteiger partial charge in [-0.2, -0.15) is 5.10 Å². The van der Waals surface area contributed by atoms with Crippen LogP contribution in [0.3, 0.4) is 0 Å². The van der Waals surface area contributed by atoms with Crippen molar-refractivity contribution in [1.82, 2.24) is 14.7 Å². The van der Waals surface area contributed by atoms with E-state index in [1.807, 2.05) is 18.9 Å². The number of rotatable bonds is 2. The van der Waals surface area contributed by atoms with E-state index in [1.165, 1.54) is 6.26 Å². The Morgan fingerprint density at radius 3 is 2.95 bits per heavy atom. The molecule has 1 amide bonds. The van der Waals surface area contributed by atoms with Crippen LogP contribution >= 0.6 is 11.6 Å². The summed E-state index contributed by atoms with van der Waals surface area (Å²) in [5, 5.41) is 4.94. The fourth-order valence-corrected chi connectivity index (χ4v) is 3.18. The van der Waals surface area contributed by atoms with Crippen molar-refractivity contribution in [1.29, 1.82) is 0 Å². The third-order valence-corrected chi connectivity index (χ3v) is 4.22. The van der Waals surface area contributed by atoms with Gasteiger partial charge in [-0.05, 0) is 31.9 Å². The summed E-state index contributed by atoms with van der Waals surface area (Å²) >= 11 is 6.33. The minimum absolute atomic E-state index is 0.0196. The Balaban J connectivity index is 1.95. The van der Waals surface area contributed by atoms with Gasteiger partial charge in [-0.1, -0.05) is 11.6 Å². The van der Waals surface area contributed by atoms with Gasteiger partial charge in [0, 0.05) is 19.2 Å². The number of hydrogen-bond acceptors (Lipinski definition) is 3. The molecule has 1 aliphatic heterocycles. The Morgan fingerprint density at radius 1 is 1.55 bits per heavy atom. The van der Waals surface area contributed by atoms with E-state index in [4.69, 9.17) is 16.0 Å². The van der Waals surface area contributed by atoms with Gasteiger partial charge in [0.05, 0.1) is 18.0 Å². The topological polar surface area (TPSA) is 51.3 Å². The van der Waals surface area contributed by atoms with Crippen LogP contribution in [0.5, 0.6) is 0 Å². The van der Waals surface area contributed by atoms with E-state index < -0.39 is 0 Å². The molecule has 3 heterocycles. The van der Waals surface area contributed by atoms with Crippen LogP contribution in [-0.4, -0.2) is 27.1 Å². The first-order valence-electron chi connectivity index (χ1n) is 6.63. The average molecular weight is 294 g/mol. The molecule has 0 saturated carbocycles. The molecular formula is C14H16ClN3O2. The van der Waals surface area contributed by atoms with E-state index in [2.05, 4.69) is 5.10 Å². The molecule has 2 aromatic heterocycles. The maximum Gasteiger partial charge on any atom is 0.290 e. The first-order valence-corrected chi connectivity index (χ1v) is 7.01. The Hall–Kier alpha value is -1.75. The highest BCUT2D eigenvalue weighted by Gasteiger charge is 2.35. The second-order valence-corrected chi connectivity index (χ2v) is 5.41. The number of likely N-dealkylation sites (tertiary alicyclic amines) is 1. The van der Waals surface area contributed by atoms with Gasteiger partial charge in [-0.15, -0.1) is 0 Å². The zero-order chi connectivity index (χ0) is 14.3. The van der Waals surface area contributed by atoms with Gasteiger partial charge in [0.15, 0.2) is 5.76 Å². The fourth-order valence-electron chi connectivity index (χ4n) is 2.88. The lowest BCUT2D eigenvalue weighted by Gasteiger charge is -2.24. The van der Waals surface area contributed by atoms with Gasteiger partial charge in [-0.3, -0.25) is 9.48 Å². The van der Waals surface area contributed by atoms with Crippen LogP contribution in [0.2, 0.25) is 5.15 Å². The SMILES string of the molecule is Cc1nn(C)c(Cl)c1[C@@H]1CCCN1C(=O)c1ccco1. The van der Waals surface area contributed by atoms with Crippen molar-refractivity contribution >= 4 is 17.5 Å². The number of furan rings is 1. The highest BCUT2D eigenvalue weighted by Crippen LogP contribution is 2.38. The Bertz CT molecular complexity index is 633. The third kappa shape index (κ3) is 2.02. The normalized spacial score (nSPS) is 18.8. The van der Waals surface area contributed by atoms with Gasteiger partial charge in [0.25, 0.3) is 5.91 Å². The van der Waals surface area contributed by atoms with Gasteiger partial charge in [0.2, 0.25) is 0 Å². The van der Waals surface area contributed by atoms with E-state index in [0.29, 0.717) is 10.9 Å². The van der Waals surface area contributed by atoms with Crippen LogP contribution in [-0.2, 0) is 7.05 Å². The molecule has 0 N–H and O–H groups in total. The summed E-state index contributed by atoms with van der Waals surface area (Å²) in [6, 6.07) is 3.39. The number of halogens is 1. The molecule has 20 heavy (non-hydrogen) atoms. The highest BCUT2D eigenvalue weighted by atomic mass is 35.5. The quantitative estimate of drug-likeness (QED) is 0.855. The maximum atomic E-state index is 12.5. The zero-order valence-corrected chi connectivity index (χ0v) is 12.2. The summed E-state index contributed by atoms with van der Waals surface area (Å²) in [6.07, 6.45) is 3.38. The molecular weight excluding hydrogens is 278 g/mol. The van der Waals surface area contributed by atoms with E-state index in [0.717, 1.165) is 30.6 Å². The second kappa shape index (κ2) is 4.98. The third-order valence-electron chi connectivity index (χ3n) is 3.78. The molecule has 1 fully saturated rings. The molecule has 0 aromatic carbocycles. The standard InChI is InChI=1S/C14H16ClN3O2/c1-9-12(13(15)17(2)16-9)10-5-3-7-18(10)14(19)11-6-4-8-20-11/h4,6,8,10H,3,5,7H2,1-2H3/t10-/m0/s1. The van der Waals surface area contributed by atoms with Gasteiger partial charge in [0.1, 0.15) is 5.15 Å². The first-order chi connectivity index (χ1) is 9.59. The van der Waals surface area contributed by atoms with Crippen molar-refractivity contribution in [2.75, 3.05) is 6.54 Å². The monoisotopic (exact) mass is 293 g/mol. The van der Waals surface area contributed by atoms with E-state index in [9.17, 15) is 4.79 Å². The molecule has 1 aliphatic rings. The fraction of sp³-hybridized carbons (Fsp3) is 0.429. The van der Waals surface area contributed by atoms with Crippen LogP contribution < -0.4 is 0 Å². The first kappa shape index (κ1) is 13.2. The molecule has 0 unspecified atom stereocenters. The summed E-state index contributed by atoms with van der Waals surface area (Å²) in [7, 11) is 1.81. The number of aromatic nitrogens is 2. The molecule has 3 rings (SSSR count). The van der Waals surface area contributed by atoms with Crippen LogP contribution in [0.15, 0.2) is 22.8 Å². The minimum Gasteiger partial charge on any atom is -0.459 e. The summed E-state index contributed by atoms with van der Waals surface area (Å²) in [4.78, 5) is 14.3. The van der Waals surface area contributed by atoms with Crippen molar-refractivity contribution in [2.24, 2.45) is 7.05 Å². The molecule has 0 radical (unpaired) electrons. The zero-order valence-electron chi connectivity index (χ0n) is 11.5. The number of nitrogens with zero attached hydrogens (tertiary/aromatic N) is 3. The molecule has 0 bridgehead atoms. The molecule has 0 spiro atoms. The van der Waals surface area contributed by atoms with Crippen molar-refractivity contribution in [2.45, 2.75) is 25.8 Å². The predicted molar refractivity (Wildman–Crippen MR) is 74.7 cm³/mol. The molecule has 0 aliphatic carbocycles. The molecule has 106 valence electrons. The summed E-state index contributed by atoms with van der Waals surface area (Å²) in [5.41, 5.74) is 1.83. The molecule has 1 atom stereocenters. The Morgan fingerprint density at radius 2 is 2.35 bits per heavy atom. The van der Waals surface area contributed by atoms with Crippen molar-refractivity contribution in [3.8, 4) is 0 Å². The molecule has 6 heteroatoms. The number of amides is 1. The number of carbonyl (C=O) groups is 1. The summed E-state index contributed by atoms with van der Waals surface area (Å²) < 4.78 is 6.87. The highest BCUT2D eigenvalue weighted by molar-refractivity contribution is 6.30. The lowest BCUT2D eigenvalue weighted by atomic mass is 10.1. The van der Waals surface area contributed by atoms with Crippen LogP contribution in [0.4, 0.5) is 0 Å². The van der Waals surface area contributed by atoms with Crippen LogP contribution in [0, 0.1) is 6.92 Å². The van der Waals surface area contributed by atoms with E-state index in [1.54, 1.807) is 16.8 Å².